The quantitative estimate of drug-likeness (QED) is 0.915. The lowest BCUT2D eigenvalue weighted by molar-refractivity contribution is -0.138. The number of fused-ring (bicyclic) bond motifs is 1. The van der Waals surface area contributed by atoms with Gasteiger partial charge in [0.25, 0.3) is 0 Å². The normalized spacial score (nSPS) is 22.9. The summed E-state index contributed by atoms with van der Waals surface area (Å²) in [5, 5.41) is 8.87. The molecule has 5 nitrogen and oxygen atoms in total. The molecule has 2 atom stereocenters. The second kappa shape index (κ2) is 5.32. The summed E-state index contributed by atoms with van der Waals surface area (Å²) in [7, 11) is 0. The highest BCUT2D eigenvalue weighted by Gasteiger charge is 2.28. The fourth-order valence-electron chi connectivity index (χ4n) is 3.01. The number of likely N-dealkylation sites (tertiary alicyclic amines) is 1. The van der Waals surface area contributed by atoms with E-state index in [4.69, 9.17) is 14.6 Å². The van der Waals surface area contributed by atoms with Gasteiger partial charge in [0.1, 0.15) is 0 Å². The number of ether oxygens (including phenoxy) is 2. The summed E-state index contributed by atoms with van der Waals surface area (Å²) in [6, 6.07) is 6.29. The highest BCUT2D eigenvalue weighted by atomic mass is 16.7. The van der Waals surface area contributed by atoms with Crippen LogP contribution < -0.4 is 9.47 Å². The van der Waals surface area contributed by atoms with Crippen LogP contribution in [0.25, 0.3) is 0 Å². The number of carboxylic acid groups (broad SMARTS) is 1. The van der Waals surface area contributed by atoms with Gasteiger partial charge < -0.3 is 14.6 Å². The van der Waals surface area contributed by atoms with E-state index >= 15 is 0 Å². The lowest BCUT2D eigenvalue weighted by Crippen LogP contribution is -2.25. The van der Waals surface area contributed by atoms with E-state index in [1.165, 1.54) is 5.56 Å². The van der Waals surface area contributed by atoms with Crippen molar-refractivity contribution in [3.05, 3.63) is 23.8 Å². The monoisotopic (exact) mass is 277 g/mol. The summed E-state index contributed by atoms with van der Waals surface area (Å²) in [5.41, 5.74) is 1.19. The zero-order valence-corrected chi connectivity index (χ0v) is 11.5. The van der Waals surface area contributed by atoms with Crippen molar-refractivity contribution in [1.29, 1.82) is 0 Å². The first-order valence-corrected chi connectivity index (χ1v) is 6.99. The molecule has 0 aliphatic carbocycles. The topological polar surface area (TPSA) is 59.0 Å². The second-order valence-electron chi connectivity index (χ2n) is 5.54. The molecule has 1 fully saturated rings. The van der Waals surface area contributed by atoms with E-state index in [0.717, 1.165) is 31.0 Å². The largest absolute Gasteiger partial charge is 0.481 e. The van der Waals surface area contributed by atoms with E-state index in [9.17, 15) is 4.79 Å². The minimum Gasteiger partial charge on any atom is -0.481 e. The molecule has 1 N–H and O–H groups in total. The van der Waals surface area contributed by atoms with Crippen molar-refractivity contribution in [3.63, 3.8) is 0 Å². The minimum absolute atomic E-state index is 0.267. The second-order valence-corrected chi connectivity index (χ2v) is 5.54. The highest BCUT2D eigenvalue weighted by Crippen LogP contribution is 2.36. The number of rotatable bonds is 4. The number of carboxylic acids is 1. The molecule has 1 aromatic rings. The molecule has 1 aromatic carbocycles. The summed E-state index contributed by atoms with van der Waals surface area (Å²) in [4.78, 5) is 13.1. The molecule has 0 aromatic heterocycles. The van der Waals surface area contributed by atoms with Crippen molar-refractivity contribution < 1.29 is 19.4 Å². The van der Waals surface area contributed by atoms with Crippen LogP contribution in [0, 0.1) is 5.92 Å². The van der Waals surface area contributed by atoms with Crippen LogP contribution in [0.5, 0.6) is 11.5 Å². The third-order valence-corrected chi connectivity index (χ3v) is 4.21. The van der Waals surface area contributed by atoms with Crippen LogP contribution in [-0.4, -0.2) is 35.9 Å². The van der Waals surface area contributed by atoms with Crippen LogP contribution >= 0.6 is 0 Å². The standard InChI is InChI=1S/C15H19NO4/c1-10(16-5-4-11(8-16)6-15(17)18)12-2-3-13-14(7-12)20-9-19-13/h2-3,7,10-11H,4-6,8-9H2,1H3,(H,17,18). The summed E-state index contributed by atoms with van der Waals surface area (Å²) >= 11 is 0. The Hall–Kier alpha value is -1.75. The maximum atomic E-state index is 10.8. The molecule has 3 rings (SSSR count). The molecule has 2 aliphatic heterocycles. The molecule has 108 valence electrons. The Kier molecular flexibility index (Phi) is 3.53. The molecule has 5 heteroatoms. The van der Waals surface area contributed by atoms with Crippen LogP contribution in [0.4, 0.5) is 0 Å². The van der Waals surface area contributed by atoms with Gasteiger partial charge in [-0.1, -0.05) is 6.07 Å². The van der Waals surface area contributed by atoms with Gasteiger partial charge in [0.15, 0.2) is 11.5 Å². The van der Waals surface area contributed by atoms with Gasteiger partial charge in [-0.15, -0.1) is 0 Å². The molecule has 2 heterocycles. The number of aliphatic carboxylic acids is 1. The number of nitrogens with zero attached hydrogens (tertiary/aromatic N) is 1. The average molecular weight is 277 g/mol. The first kappa shape index (κ1) is 13.2. The van der Waals surface area contributed by atoms with Crippen molar-refractivity contribution in [2.75, 3.05) is 19.9 Å². The lowest BCUT2D eigenvalue weighted by atomic mass is 10.0. The van der Waals surface area contributed by atoms with E-state index in [1.807, 2.05) is 12.1 Å². The Balaban J connectivity index is 1.67. The van der Waals surface area contributed by atoms with Gasteiger partial charge >= 0.3 is 5.97 Å². The van der Waals surface area contributed by atoms with Crippen LogP contribution in [-0.2, 0) is 4.79 Å². The summed E-state index contributed by atoms with van der Waals surface area (Å²) < 4.78 is 10.7. The fourth-order valence-corrected chi connectivity index (χ4v) is 3.01. The molecular formula is C15H19NO4. The minimum atomic E-state index is -0.701. The molecule has 0 bridgehead atoms. The summed E-state index contributed by atoms with van der Waals surface area (Å²) in [6.07, 6.45) is 1.23. The molecule has 0 spiro atoms. The van der Waals surface area contributed by atoms with E-state index in [1.54, 1.807) is 0 Å². The van der Waals surface area contributed by atoms with Crippen molar-refractivity contribution in [2.24, 2.45) is 5.92 Å². The molecule has 0 saturated carbocycles. The van der Waals surface area contributed by atoms with Crippen LogP contribution in [0.15, 0.2) is 18.2 Å². The zero-order valence-electron chi connectivity index (χ0n) is 11.5. The van der Waals surface area contributed by atoms with E-state index in [2.05, 4.69) is 17.9 Å². The van der Waals surface area contributed by atoms with Gasteiger partial charge in [-0.05, 0) is 43.5 Å². The van der Waals surface area contributed by atoms with Crippen molar-refractivity contribution in [3.8, 4) is 11.5 Å². The number of hydrogen-bond acceptors (Lipinski definition) is 4. The van der Waals surface area contributed by atoms with Crippen LogP contribution in [0.2, 0.25) is 0 Å². The lowest BCUT2D eigenvalue weighted by Gasteiger charge is -2.24. The molecule has 0 amide bonds. The van der Waals surface area contributed by atoms with Gasteiger partial charge in [-0.2, -0.15) is 0 Å². The number of hydrogen-bond donors (Lipinski definition) is 1. The smallest absolute Gasteiger partial charge is 0.303 e. The first-order chi connectivity index (χ1) is 9.63. The highest BCUT2D eigenvalue weighted by molar-refractivity contribution is 5.67. The zero-order chi connectivity index (χ0) is 14.1. The molecule has 1 saturated heterocycles. The number of benzene rings is 1. The maximum absolute atomic E-state index is 10.8. The van der Waals surface area contributed by atoms with E-state index in [0.29, 0.717) is 0 Å². The van der Waals surface area contributed by atoms with E-state index in [-0.39, 0.29) is 25.2 Å². The fraction of sp³-hybridized carbons (Fsp3) is 0.533. The Labute approximate surface area is 118 Å². The van der Waals surface area contributed by atoms with Crippen LogP contribution in [0.3, 0.4) is 0 Å². The molecular weight excluding hydrogens is 258 g/mol. The van der Waals surface area contributed by atoms with Crippen molar-refractivity contribution >= 4 is 5.97 Å². The summed E-state index contributed by atoms with van der Waals surface area (Å²) in [6.45, 7) is 4.24. The summed E-state index contributed by atoms with van der Waals surface area (Å²) in [5.74, 6) is 1.17. The Morgan fingerprint density at radius 1 is 1.45 bits per heavy atom. The van der Waals surface area contributed by atoms with Crippen LogP contribution in [0.1, 0.15) is 31.4 Å². The van der Waals surface area contributed by atoms with Gasteiger partial charge in [0, 0.05) is 19.0 Å². The van der Waals surface area contributed by atoms with Gasteiger partial charge in [-0.3, -0.25) is 9.69 Å². The molecule has 2 aliphatic rings. The van der Waals surface area contributed by atoms with Gasteiger partial charge in [0.2, 0.25) is 6.79 Å². The third-order valence-electron chi connectivity index (χ3n) is 4.21. The Bertz CT molecular complexity index is 517. The predicted molar refractivity (Wildman–Crippen MR) is 72.9 cm³/mol. The predicted octanol–water partition coefficient (Wildman–Crippen LogP) is 2.27. The molecule has 0 radical (unpaired) electrons. The van der Waals surface area contributed by atoms with Gasteiger partial charge in [-0.25, -0.2) is 0 Å². The van der Waals surface area contributed by atoms with E-state index < -0.39 is 5.97 Å². The number of carbonyl (C=O) groups is 1. The molecule has 20 heavy (non-hydrogen) atoms. The third kappa shape index (κ3) is 2.58. The SMILES string of the molecule is CC(c1ccc2c(c1)OCO2)N1CCC(CC(=O)O)C1. The molecule has 2 unspecified atom stereocenters. The van der Waals surface area contributed by atoms with Crippen molar-refractivity contribution in [2.45, 2.75) is 25.8 Å². The van der Waals surface area contributed by atoms with Gasteiger partial charge in [0.05, 0.1) is 0 Å². The Morgan fingerprint density at radius 2 is 2.25 bits per heavy atom. The Morgan fingerprint density at radius 3 is 3.05 bits per heavy atom. The maximum Gasteiger partial charge on any atom is 0.303 e. The first-order valence-electron chi connectivity index (χ1n) is 6.99. The van der Waals surface area contributed by atoms with Crippen molar-refractivity contribution in [1.82, 2.24) is 4.90 Å². The average Bonchev–Trinajstić information content (AvgIpc) is 3.04.